The molecule has 3 nitrogen and oxygen atoms in total. The summed E-state index contributed by atoms with van der Waals surface area (Å²) in [6.07, 6.45) is 0.763. The molecule has 0 radical (unpaired) electrons. The monoisotopic (exact) mass is 239 g/mol. The van der Waals surface area contributed by atoms with Crippen LogP contribution in [0.3, 0.4) is 0 Å². The summed E-state index contributed by atoms with van der Waals surface area (Å²) in [5, 5.41) is 4.67. The van der Waals surface area contributed by atoms with Gasteiger partial charge in [-0.25, -0.2) is 0 Å². The molecule has 0 amide bonds. The van der Waals surface area contributed by atoms with Crippen LogP contribution in [-0.2, 0) is 0 Å². The summed E-state index contributed by atoms with van der Waals surface area (Å²) in [5.74, 6) is 0. The lowest BCUT2D eigenvalue weighted by molar-refractivity contribution is 0.112. The van der Waals surface area contributed by atoms with E-state index < -0.39 is 0 Å². The molecule has 66 valence electrons. The van der Waals surface area contributed by atoms with Gasteiger partial charge in [0.2, 0.25) is 0 Å². The van der Waals surface area contributed by atoms with Crippen LogP contribution in [0.15, 0.2) is 21.1 Å². The van der Waals surface area contributed by atoms with Gasteiger partial charge in [-0.15, -0.1) is 0 Å². The van der Waals surface area contributed by atoms with Crippen LogP contribution in [0.4, 0.5) is 0 Å². The molecule has 0 aliphatic heterocycles. The highest BCUT2D eigenvalue weighted by Gasteiger charge is 2.11. The molecular formula is C9H6BrNO2. The molecule has 0 aliphatic carbocycles. The van der Waals surface area contributed by atoms with Crippen LogP contribution in [0, 0.1) is 6.92 Å². The molecule has 0 aliphatic rings. The quantitative estimate of drug-likeness (QED) is 0.719. The van der Waals surface area contributed by atoms with Gasteiger partial charge >= 0.3 is 0 Å². The maximum atomic E-state index is 10.6. The number of aryl methyl sites for hydroxylation is 1. The molecule has 2 rings (SSSR count). The molecule has 0 saturated carbocycles. The Balaban J connectivity index is 2.95. The molecular weight excluding hydrogens is 234 g/mol. The fraction of sp³-hybridized carbons (Fsp3) is 0.111. The Bertz CT molecular complexity index is 476. The first-order valence-corrected chi connectivity index (χ1v) is 4.53. The standard InChI is InChI=1S/C9H6BrNO2/c1-5-8-7(10)3-2-6(4-12)9(8)13-11-5/h2-4H,1H3. The van der Waals surface area contributed by atoms with Crippen LogP contribution in [0.1, 0.15) is 16.1 Å². The summed E-state index contributed by atoms with van der Waals surface area (Å²) >= 11 is 3.37. The number of halogens is 1. The predicted octanol–water partition coefficient (Wildman–Crippen LogP) is 2.71. The Morgan fingerprint density at radius 2 is 2.31 bits per heavy atom. The first kappa shape index (κ1) is 8.44. The molecule has 0 N–H and O–H groups in total. The third kappa shape index (κ3) is 1.18. The van der Waals surface area contributed by atoms with Gasteiger partial charge in [-0.1, -0.05) is 5.16 Å². The van der Waals surface area contributed by atoms with Gasteiger partial charge in [0, 0.05) is 4.47 Å². The second-order valence-corrected chi connectivity index (χ2v) is 3.58. The van der Waals surface area contributed by atoms with Crippen molar-refractivity contribution in [1.82, 2.24) is 5.16 Å². The van der Waals surface area contributed by atoms with Gasteiger partial charge in [0.05, 0.1) is 16.6 Å². The van der Waals surface area contributed by atoms with Crippen LogP contribution >= 0.6 is 15.9 Å². The number of aromatic nitrogens is 1. The summed E-state index contributed by atoms with van der Waals surface area (Å²) in [4.78, 5) is 10.6. The Morgan fingerprint density at radius 3 is 3.00 bits per heavy atom. The lowest BCUT2D eigenvalue weighted by atomic mass is 10.1. The highest BCUT2D eigenvalue weighted by Crippen LogP contribution is 2.28. The molecule has 2 aromatic rings. The van der Waals surface area contributed by atoms with Crippen LogP contribution in [0.2, 0.25) is 0 Å². The second kappa shape index (κ2) is 2.96. The molecule has 13 heavy (non-hydrogen) atoms. The molecule has 4 heteroatoms. The number of hydrogen-bond acceptors (Lipinski definition) is 3. The van der Waals surface area contributed by atoms with Crippen molar-refractivity contribution >= 4 is 33.2 Å². The van der Waals surface area contributed by atoms with E-state index in [2.05, 4.69) is 21.1 Å². The Labute approximate surface area is 82.8 Å². The summed E-state index contributed by atoms with van der Waals surface area (Å²) < 4.78 is 5.94. The highest BCUT2D eigenvalue weighted by atomic mass is 79.9. The van der Waals surface area contributed by atoms with Crippen LogP contribution in [-0.4, -0.2) is 11.4 Å². The smallest absolute Gasteiger partial charge is 0.178 e. The Morgan fingerprint density at radius 1 is 1.54 bits per heavy atom. The zero-order chi connectivity index (χ0) is 9.42. The van der Waals surface area contributed by atoms with Gasteiger partial charge in [0.15, 0.2) is 11.9 Å². The largest absolute Gasteiger partial charge is 0.355 e. The van der Waals surface area contributed by atoms with Crippen molar-refractivity contribution in [2.45, 2.75) is 6.92 Å². The average Bonchev–Trinajstić information content (AvgIpc) is 2.50. The van der Waals surface area contributed by atoms with E-state index in [0.29, 0.717) is 11.1 Å². The van der Waals surface area contributed by atoms with Crippen molar-refractivity contribution in [3.63, 3.8) is 0 Å². The van der Waals surface area contributed by atoms with E-state index in [4.69, 9.17) is 4.52 Å². The molecule has 1 heterocycles. The van der Waals surface area contributed by atoms with Crippen molar-refractivity contribution in [2.24, 2.45) is 0 Å². The lowest BCUT2D eigenvalue weighted by Crippen LogP contribution is -1.81. The van der Waals surface area contributed by atoms with Crippen molar-refractivity contribution in [3.8, 4) is 0 Å². The predicted molar refractivity (Wildman–Crippen MR) is 51.8 cm³/mol. The minimum Gasteiger partial charge on any atom is -0.355 e. The zero-order valence-corrected chi connectivity index (χ0v) is 8.46. The third-order valence-corrected chi connectivity index (χ3v) is 2.56. The summed E-state index contributed by atoms with van der Waals surface area (Å²) in [5.41, 5.74) is 1.85. The van der Waals surface area contributed by atoms with E-state index in [1.165, 1.54) is 0 Å². The number of hydrogen-bond donors (Lipinski definition) is 0. The first-order chi connectivity index (χ1) is 6.24. The van der Waals surface area contributed by atoms with Gasteiger partial charge in [-0.3, -0.25) is 4.79 Å². The molecule has 1 aromatic heterocycles. The lowest BCUT2D eigenvalue weighted by Gasteiger charge is -1.94. The number of nitrogens with zero attached hydrogens (tertiary/aromatic N) is 1. The Hall–Kier alpha value is -1.16. The second-order valence-electron chi connectivity index (χ2n) is 2.73. The minimum atomic E-state index is 0.527. The first-order valence-electron chi connectivity index (χ1n) is 3.73. The van der Waals surface area contributed by atoms with E-state index in [9.17, 15) is 4.79 Å². The highest BCUT2D eigenvalue weighted by molar-refractivity contribution is 9.10. The van der Waals surface area contributed by atoms with Gasteiger partial charge < -0.3 is 4.52 Å². The van der Waals surface area contributed by atoms with E-state index >= 15 is 0 Å². The van der Waals surface area contributed by atoms with Gasteiger partial charge in [0.1, 0.15) is 0 Å². The fourth-order valence-corrected chi connectivity index (χ4v) is 1.86. The summed E-state index contributed by atoms with van der Waals surface area (Å²) in [6, 6.07) is 3.51. The average molecular weight is 240 g/mol. The van der Waals surface area contributed by atoms with E-state index in [-0.39, 0.29) is 0 Å². The Kier molecular flexibility index (Phi) is 1.92. The number of carbonyl (C=O) groups is 1. The van der Waals surface area contributed by atoms with Gasteiger partial charge in [0.25, 0.3) is 0 Å². The zero-order valence-electron chi connectivity index (χ0n) is 6.87. The normalized spacial score (nSPS) is 10.6. The van der Waals surface area contributed by atoms with Crippen LogP contribution in [0.5, 0.6) is 0 Å². The summed E-state index contributed by atoms with van der Waals surface area (Å²) in [7, 11) is 0. The molecule has 1 aromatic carbocycles. The SMILES string of the molecule is Cc1noc2c(C=O)ccc(Br)c12. The number of carbonyl (C=O) groups excluding carboxylic acids is 1. The van der Waals surface area contributed by atoms with E-state index in [1.54, 1.807) is 6.07 Å². The minimum absolute atomic E-state index is 0.527. The van der Waals surface area contributed by atoms with Gasteiger partial charge in [-0.2, -0.15) is 0 Å². The number of rotatable bonds is 1. The fourth-order valence-electron chi connectivity index (χ4n) is 1.26. The van der Waals surface area contributed by atoms with Gasteiger partial charge in [-0.05, 0) is 35.0 Å². The molecule has 0 fully saturated rings. The third-order valence-electron chi connectivity index (χ3n) is 1.90. The van der Waals surface area contributed by atoms with E-state index in [1.807, 2.05) is 13.0 Å². The van der Waals surface area contributed by atoms with E-state index in [0.717, 1.165) is 21.8 Å². The van der Waals surface area contributed by atoms with Crippen molar-refractivity contribution in [3.05, 3.63) is 27.9 Å². The molecule has 0 saturated heterocycles. The van der Waals surface area contributed by atoms with Crippen LogP contribution < -0.4 is 0 Å². The maximum Gasteiger partial charge on any atom is 0.178 e. The number of fused-ring (bicyclic) bond motifs is 1. The van der Waals surface area contributed by atoms with Crippen molar-refractivity contribution in [1.29, 1.82) is 0 Å². The number of benzene rings is 1. The summed E-state index contributed by atoms with van der Waals surface area (Å²) in [6.45, 7) is 1.84. The van der Waals surface area contributed by atoms with Crippen LogP contribution in [0.25, 0.3) is 11.0 Å². The topological polar surface area (TPSA) is 43.1 Å². The maximum absolute atomic E-state index is 10.6. The molecule has 0 atom stereocenters. The molecule has 0 unspecified atom stereocenters. The van der Waals surface area contributed by atoms with Crippen molar-refractivity contribution in [2.75, 3.05) is 0 Å². The molecule has 0 spiro atoms. The number of aldehydes is 1. The van der Waals surface area contributed by atoms with Crippen molar-refractivity contribution < 1.29 is 9.32 Å². The molecule has 0 bridgehead atoms.